The Bertz CT molecular complexity index is 614. The molecule has 1 fully saturated rings. The summed E-state index contributed by atoms with van der Waals surface area (Å²) in [6, 6.07) is 10.8. The zero-order valence-electron chi connectivity index (χ0n) is 14.3. The Kier molecular flexibility index (Phi) is 6.15. The van der Waals surface area contributed by atoms with Crippen LogP contribution in [0.25, 0.3) is 0 Å². The number of hydrogen-bond acceptors (Lipinski definition) is 5. The number of anilines is 1. The molecule has 0 atom stereocenters. The molecule has 0 spiro atoms. The Balaban J connectivity index is 1.57. The molecule has 2 aromatic rings. The number of rotatable bonds is 7. The van der Waals surface area contributed by atoms with Crippen molar-refractivity contribution in [2.45, 2.75) is 31.8 Å². The van der Waals surface area contributed by atoms with E-state index in [1.165, 1.54) is 5.56 Å². The van der Waals surface area contributed by atoms with Gasteiger partial charge in [-0.25, -0.2) is 4.98 Å². The minimum Gasteiger partial charge on any atom is -0.381 e. The second-order valence-corrected chi connectivity index (χ2v) is 6.25. The van der Waals surface area contributed by atoms with Crippen LogP contribution < -0.4 is 10.2 Å². The van der Waals surface area contributed by atoms with Gasteiger partial charge in [-0.05, 0) is 31.0 Å². The molecule has 24 heavy (non-hydrogen) atoms. The van der Waals surface area contributed by atoms with Crippen LogP contribution in [0, 0.1) is 0 Å². The lowest BCUT2D eigenvalue weighted by atomic mass is 10.1. The van der Waals surface area contributed by atoms with Gasteiger partial charge >= 0.3 is 0 Å². The van der Waals surface area contributed by atoms with E-state index in [2.05, 4.69) is 39.4 Å². The molecular weight excluding hydrogens is 300 g/mol. The quantitative estimate of drug-likeness (QED) is 0.847. The maximum atomic E-state index is 5.42. The van der Waals surface area contributed by atoms with Crippen LogP contribution >= 0.6 is 0 Å². The molecule has 0 bridgehead atoms. The lowest BCUT2D eigenvalue weighted by Crippen LogP contribution is -2.35. The van der Waals surface area contributed by atoms with Gasteiger partial charge in [0.25, 0.3) is 0 Å². The lowest BCUT2D eigenvalue weighted by molar-refractivity contribution is 0.0776. The highest BCUT2D eigenvalue weighted by molar-refractivity contribution is 5.46. The lowest BCUT2D eigenvalue weighted by Gasteiger charge is -2.25. The van der Waals surface area contributed by atoms with Gasteiger partial charge in [-0.2, -0.15) is 0 Å². The topological polar surface area (TPSA) is 50.3 Å². The molecule has 128 valence electrons. The molecule has 1 saturated heterocycles. The molecule has 0 unspecified atom stereocenters. The van der Waals surface area contributed by atoms with Crippen molar-refractivity contribution in [3.05, 3.63) is 54.0 Å². The highest BCUT2D eigenvalue weighted by Gasteiger charge is 2.15. The molecule has 0 amide bonds. The summed E-state index contributed by atoms with van der Waals surface area (Å²) in [6.07, 6.45) is 6.81. The number of ether oxygens (including phenoxy) is 1. The van der Waals surface area contributed by atoms with Crippen molar-refractivity contribution in [3.63, 3.8) is 0 Å². The van der Waals surface area contributed by atoms with Gasteiger partial charge in [0.1, 0.15) is 5.82 Å². The van der Waals surface area contributed by atoms with Crippen LogP contribution in [0.2, 0.25) is 0 Å². The fourth-order valence-corrected chi connectivity index (χ4v) is 3.00. The van der Waals surface area contributed by atoms with Crippen LogP contribution in [-0.2, 0) is 17.7 Å². The molecule has 5 heteroatoms. The summed E-state index contributed by atoms with van der Waals surface area (Å²) in [4.78, 5) is 11.2. The van der Waals surface area contributed by atoms with Gasteiger partial charge in [0.15, 0.2) is 0 Å². The molecule has 3 heterocycles. The van der Waals surface area contributed by atoms with E-state index in [4.69, 9.17) is 4.74 Å². The zero-order valence-corrected chi connectivity index (χ0v) is 14.3. The fraction of sp³-hybridized carbons (Fsp3) is 0.474. The average molecular weight is 326 g/mol. The number of pyridine rings is 2. The van der Waals surface area contributed by atoms with Crippen molar-refractivity contribution >= 4 is 5.82 Å². The first kappa shape index (κ1) is 16.9. The maximum Gasteiger partial charge on any atom is 0.132 e. The van der Waals surface area contributed by atoms with Crippen molar-refractivity contribution < 1.29 is 4.74 Å². The van der Waals surface area contributed by atoms with Gasteiger partial charge in [0.05, 0.1) is 0 Å². The van der Waals surface area contributed by atoms with E-state index in [-0.39, 0.29) is 0 Å². The summed E-state index contributed by atoms with van der Waals surface area (Å²) in [6.45, 7) is 3.48. The standard InChI is InChI=1S/C19H26N4O/c1-23(12-7-17-6-2-3-10-20-17)19-16(5-4-11-21-19)15-22-18-8-13-24-14-9-18/h2-6,10-11,18,22H,7-9,12-15H2,1H3. The monoisotopic (exact) mass is 326 g/mol. The van der Waals surface area contributed by atoms with Crippen molar-refractivity contribution in [2.75, 3.05) is 31.7 Å². The van der Waals surface area contributed by atoms with Crippen LogP contribution in [0.3, 0.4) is 0 Å². The van der Waals surface area contributed by atoms with Crippen LogP contribution in [0.1, 0.15) is 24.1 Å². The van der Waals surface area contributed by atoms with Crippen LogP contribution in [-0.4, -0.2) is 42.8 Å². The normalized spacial score (nSPS) is 15.4. The molecule has 0 aliphatic carbocycles. The van der Waals surface area contributed by atoms with E-state index in [9.17, 15) is 0 Å². The summed E-state index contributed by atoms with van der Waals surface area (Å²) in [5, 5.41) is 3.65. The molecular formula is C19H26N4O. The van der Waals surface area contributed by atoms with E-state index >= 15 is 0 Å². The molecule has 1 aliphatic heterocycles. The number of nitrogens with one attached hydrogen (secondary N) is 1. The van der Waals surface area contributed by atoms with Gasteiger partial charge in [-0.3, -0.25) is 4.98 Å². The van der Waals surface area contributed by atoms with E-state index in [0.29, 0.717) is 6.04 Å². The minimum absolute atomic E-state index is 0.547. The number of hydrogen-bond donors (Lipinski definition) is 1. The van der Waals surface area contributed by atoms with Gasteiger partial charge in [0, 0.05) is 69.5 Å². The number of nitrogens with zero attached hydrogens (tertiary/aromatic N) is 3. The van der Waals surface area contributed by atoms with Crippen molar-refractivity contribution in [2.24, 2.45) is 0 Å². The van der Waals surface area contributed by atoms with Crippen molar-refractivity contribution in [1.82, 2.24) is 15.3 Å². The molecule has 0 radical (unpaired) electrons. The Hall–Kier alpha value is -1.98. The molecule has 0 saturated carbocycles. The van der Waals surface area contributed by atoms with E-state index < -0.39 is 0 Å². The number of likely N-dealkylation sites (N-methyl/N-ethyl adjacent to an activating group) is 1. The fourth-order valence-electron chi connectivity index (χ4n) is 3.00. The molecule has 1 aliphatic rings. The highest BCUT2D eigenvalue weighted by Crippen LogP contribution is 2.17. The Morgan fingerprint density at radius 3 is 2.75 bits per heavy atom. The van der Waals surface area contributed by atoms with E-state index in [1.54, 1.807) is 0 Å². The smallest absolute Gasteiger partial charge is 0.132 e. The third-order valence-electron chi connectivity index (χ3n) is 4.46. The summed E-state index contributed by atoms with van der Waals surface area (Å²) in [5.41, 5.74) is 2.36. The van der Waals surface area contributed by atoms with Crippen molar-refractivity contribution in [1.29, 1.82) is 0 Å². The van der Waals surface area contributed by atoms with Crippen LogP contribution in [0.4, 0.5) is 5.82 Å². The van der Waals surface area contributed by atoms with Gasteiger partial charge in [-0.1, -0.05) is 12.1 Å². The summed E-state index contributed by atoms with van der Waals surface area (Å²) < 4.78 is 5.42. The minimum atomic E-state index is 0.547. The molecule has 2 aromatic heterocycles. The zero-order chi connectivity index (χ0) is 16.6. The van der Waals surface area contributed by atoms with E-state index in [0.717, 1.165) is 57.1 Å². The Labute approximate surface area is 144 Å². The first-order valence-electron chi connectivity index (χ1n) is 8.69. The summed E-state index contributed by atoms with van der Waals surface area (Å²) >= 11 is 0. The van der Waals surface area contributed by atoms with Gasteiger partial charge < -0.3 is 15.0 Å². The van der Waals surface area contributed by atoms with Gasteiger partial charge in [0.2, 0.25) is 0 Å². The predicted molar refractivity (Wildman–Crippen MR) is 96.1 cm³/mol. The van der Waals surface area contributed by atoms with Crippen LogP contribution in [0.5, 0.6) is 0 Å². The molecule has 5 nitrogen and oxygen atoms in total. The van der Waals surface area contributed by atoms with Crippen molar-refractivity contribution in [3.8, 4) is 0 Å². The second-order valence-electron chi connectivity index (χ2n) is 6.25. The Morgan fingerprint density at radius 2 is 1.96 bits per heavy atom. The van der Waals surface area contributed by atoms with Crippen LogP contribution in [0.15, 0.2) is 42.7 Å². The molecule has 1 N–H and O–H groups in total. The third-order valence-corrected chi connectivity index (χ3v) is 4.46. The predicted octanol–water partition coefficient (Wildman–Crippen LogP) is 2.42. The largest absolute Gasteiger partial charge is 0.381 e. The van der Waals surface area contributed by atoms with E-state index in [1.807, 2.05) is 30.6 Å². The number of aromatic nitrogens is 2. The Morgan fingerprint density at radius 1 is 1.12 bits per heavy atom. The first-order chi connectivity index (χ1) is 11.8. The molecule has 3 rings (SSSR count). The second kappa shape index (κ2) is 8.76. The highest BCUT2D eigenvalue weighted by atomic mass is 16.5. The first-order valence-corrected chi connectivity index (χ1v) is 8.69. The third kappa shape index (κ3) is 4.76. The average Bonchev–Trinajstić information content (AvgIpc) is 2.66. The molecule has 0 aromatic carbocycles. The summed E-state index contributed by atoms with van der Waals surface area (Å²) in [7, 11) is 2.10. The maximum absolute atomic E-state index is 5.42. The SMILES string of the molecule is CN(CCc1ccccn1)c1ncccc1CNC1CCOCC1. The summed E-state index contributed by atoms with van der Waals surface area (Å²) in [5.74, 6) is 1.05. The van der Waals surface area contributed by atoms with Gasteiger partial charge in [-0.15, -0.1) is 0 Å².